The molecule has 1 fully saturated rings. The number of likely N-dealkylation sites (N-methyl/N-ethyl adjacent to an activating group) is 1. The molecule has 0 radical (unpaired) electrons. The number of para-hydroxylation sites is 2. The molecule has 1 saturated heterocycles. The SMILES string of the molecule is CN1CCN(CCCn2c3ccccc3c(=O)c3ccccc32)CC1. The van der Waals surface area contributed by atoms with Gasteiger partial charge in [0.1, 0.15) is 0 Å². The smallest absolute Gasteiger partial charge is 0.197 e. The van der Waals surface area contributed by atoms with E-state index in [0.29, 0.717) is 0 Å². The largest absolute Gasteiger partial charge is 0.340 e. The summed E-state index contributed by atoms with van der Waals surface area (Å²) in [5, 5.41) is 1.64. The molecule has 0 N–H and O–H groups in total. The summed E-state index contributed by atoms with van der Waals surface area (Å²) < 4.78 is 2.32. The van der Waals surface area contributed by atoms with Gasteiger partial charge in [-0.1, -0.05) is 24.3 Å². The van der Waals surface area contributed by atoms with Gasteiger partial charge in [-0.3, -0.25) is 4.79 Å². The van der Waals surface area contributed by atoms with E-state index >= 15 is 0 Å². The van der Waals surface area contributed by atoms with E-state index in [1.165, 1.54) is 0 Å². The van der Waals surface area contributed by atoms with Gasteiger partial charge < -0.3 is 14.4 Å². The van der Waals surface area contributed by atoms with E-state index in [-0.39, 0.29) is 5.43 Å². The molecular formula is C21H25N3O. The second-order valence-electron chi connectivity index (χ2n) is 7.01. The van der Waals surface area contributed by atoms with E-state index in [9.17, 15) is 4.79 Å². The fourth-order valence-corrected chi connectivity index (χ4v) is 3.84. The van der Waals surface area contributed by atoms with Crippen molar-refractivity contribution in [1.29, 1.82) is 0 Å². The van der Waals surface area contributed by atoms with Gasteiger partial charge in [-0.2, -0.15) is 0 Å². The molecule has 0 aliphatic carbocycles. The van der Waals surface area contributed by atoms with Crippen LogP contribution in [0.15, 0.2) is 53.3 Å². The van der Waals surface area contributed by atoms with E-state index in [4.69, 9.17) is 0 Å². The molecule has 0 atom stereocenters. The molecule has 0 spiro atoms. The molecule has 1 aromatic heterocycles. The second-order valence-corrected chi connectivity index (χ2v) is 7.01. The summed E-state index contributed by atoms with van der Waals surface area (Å²) in [6, 6.07) is 16.0. The average Bonchev–Trinajstić information content (AvgIpc) is 2.66. The van der Waals surface area contributed by atoms with Crippen LogP contribution in [-0.4, -0.2) is 54.1 Å². The number of aryl methyl sites for hydroxylation is 1. The van der Waals surface area contributed by atoms with Crippen LogP contribution in [0, 0.1) is 0 Å². The molecule has 0 saturated carbocycles. The highest BCUT2D eigenvalue weighted by Gasteiger charge is 2.14. The first-order chi connectivity index (χ1) is 12.2. The zero-order valence-electron chi connectivity index (χ0n) is 14.8. The van der Waals surface area contributed by atoms with Crippen molar-refractivity contribution in [3.63, 3.8) is 0 Å². The molecule has 4 nitrogen and oxygen atoms in total. The number of nitrogens with zero attached hydrogens (tertiary/aromatic N) is 3. The third-order valence-corrected chi connectivity index (χ3v) is 5.33. The maximum atomic E-state index is 12.8. The summed E-state index contributed by atoms with van der Waals surface area (Å²) in [5.74, 6) is 0. The topological polar surface area (TPSA) is 28.5 Å². The molecule has 2 aromatic carbocycles. The van der Waals surface area contributed by atoms with Gasteiger partial charge in [-0.15, -0.1) is 0 Å². The highest BCUT2D eigenvalue weighted by molar-refractivity contribution is 5.93. The van der Waals surface area contributed by atoms with Crippen molar-refractivity contribution < 1.29 is 0 Å². The highest BCUT2D eigenvalue weighted by Crippen LogP contribution is 2.19. The molecule has 1 aliphatic heterocycles. The van der Waals surface area contributed by atoms with Crippen LogP contribution in [0.4, 0.5) is 0 Å². The van der Waals surface area contributed by atoms with E-state index in [0.717, 1.165) is 67.5 Å². The Labute approximate surface area is 148 Å². The Balaban J connectivity index is 1.63. The zero-order chi connectivity index (χ0) is 17.2. The number of aromatic nitrogens is 1. The predicted molar refractivity (Wildman–Crippen MR) is 104 cm³/mol. The van der Waals surface area contributed by atoms with Gasteiger partial charge in [0.2, 0.25) is 0 Å². The Bertz CT molecular complexity index is 879. The molecule has 3 aromatic rings. The molecule has 0 amide bonds. The maximum absolute atomic E-state index is 12.8. The van der Waals surface area contributed by atoms with Crippen LogP contribution < -0.4 is 5.43 Å². The standard InChI is InChI=1S/C21H25N3O/c1-22-13-15-23(16-14-22)11-6-12-24-19-9-4-2-7-17(19)21(25)18-8-3-5-10-20(18)24/h2-5,7-10H,6,11-16H2,1H3. The lowest BCUT2D eigenvalue weighted by molar-refractivity contribution is 0.151. The Kier molecular flexibility index (Phi) is 4.55. The van der Waals surface area contributed by atoms with Crippen molar-refractivity contribution in [2.45, 2.75) is 13.0 Å². The normalized spacial score (nSPS) is 16.7. The minimum absolute atomic E-state index is 0.140. The van der Waals surface area contributed by atoms with Crippen molar-refractivity contribution >= 4 is 21.8 Å². The third kappa shape index (κ3) is 3.20. The number of hydrogen-bond donors (Lipinski definition) is 0. The minimum atomic E-state index is 0.140. The zero-order valence-corrected chi connectivity index (χ0v) is 14.8. The number of piperazine rings is 1. The Morgan fingerprint density at radius 3 is 1.96 bits per heavy atom. The number of hydrogen-bond acceptors (Lipinski definition) is 3. The monoisotopic (exact) mass is 335 g/mol. The van der Waals surface area contributed by atoms with Crippen LogP contribution in [0.3, 0.4) is 0 Å². The fraction of sp³-hybridized carbons (Fsp3) is 0.381. The van der Waals surface area contributed by atoms with Crippen LogP contribution in [0.25, 0.3) is 21.8 Å². The van der Waals surface area contributed by atoms with Crippen molar-refractivity contribution in [3.05, 3.63) is 58.8 Å². The maximum Gasteiger partial charge on any atom is 0.197 e. The second kappa shape index (κ2) is 6.98. The molecule has 4 heteroatoms. The molecular weight excluding hydrogens is 310 g/mol. The predicted octanol–water partition coefficient (Wildman–Crippen LogP) is 2.79. The van der Waals surface area contributed by atoms with Gasteiger partial charge in [0, 0.05) is 43.5 Å². The number of fused-ring (bicyclic) bond motifs is 2. The highest BCUT2D eigenvalue weighted by atomic mass is 16.1. The molecule has 4 rings (SSSR count). The molecule has 130 valence electrons. The molecule has 0 bridgehead atoms. The van der Waals surface area contributed by atoms with Crippen molar-refractivity contribution in [1.82, 2.24) is 14.4 Å². The summed E-state index contributed by atoms with van der Waals surface area (Å²) in [6.45, 7) is 6.67. The number of pyridine rings is 1. The van der Waals surface area contributed by atoms with E-state index in [1.807, 2.05) is 36.4 Å². The van der Waals surface area contributed by atoms with E-state index in [1.54, 1.807) is 0 Å². The van der Waals surface area contributed by atoms with Crippen LogP contribution in [0.1, 0.15) is 6.42 Å². The van der Waals surface area contributed by atoms with E-state index in [2.05, 4.69) is 33.5 Å². The quantitative estimate of drug-likeness (QED) is 0.687. The van der Waals surface area contributed by atoms with Gasteiger partial charge in [0.15, 0.2) is 5.43 Å². The Hall–Kier alpha value is -2.17. The lowest BCUT2D eigenvalue weighted by atomic mass is 10.1. The lowest BCUT2D eigenvalue weighted by Gasteiger charge is -2.32. The number of rotatable bonds is 4. The van der Waals surface area contributed by atoms with E-state index < -0.39 is 0 Å². The summed E-state index contributed by atoms with van der Waals surface area (Å²) in [5.41, 5.74) is 2.23. The van der Waals surface area contributed by atoms with Gasteiger partial charge in [-0.05, 0) is 44.3 Å². The Morgan fingerprint density at radius 1 is 0.800 bits per heavy atom. The fourth-order valence-electron chi connectivity index (χ4n) is 3.84. The first-order valence-electron chi connectivity index (χ1n) is 9.15. The summed E-state index contributed by atoms with van der Waals surface area (Å²) in [7, 11) is 2.19. The molecule has 25 heavy (non-hydrogen) atoms. The van der Waals surface area contributed by atoms with Crippen molar-refractivity contribution in [2.75, 3.05) is 39.8 Å². The molecule has 1 aliphatic rings. The molecule has 0 unspecified atom stereocenters. The Morgan fingerprint density at radius 2 is 1.36 bits per heavy atom. The average molecular weight is 335 g/mol. The van der Waals surface area contributed by atoms with Gasteiger partial charge in [-0.25, -0.2) is 0 Å². The van der Waals surface area contributed by atoms with Crippen molar-refractivity contribution in [2.24, 2.45) is 0 Å². The van der Waals surface area contributed by atoms with Gasteiger partial charge >= 0.3 is 0 Å². The van der Waals surface area contributed by atoms with Gasteiger partial charge in [0.25, 0.3) is 0 Å². The summed E-state index contributed by atoms with van der Waals surface area (Å²) >= 11 is 0. The number of benzene rings is 2. The van der Waals surface area contributed by atoms with Crippen LogP contribution in [0.2, 0.25) is 0 Å². The summed E-state index contributed by atoms with van der Waals surface area (Å²) in [4.78, 5) is 17.7. The first-order valence-corrected chi connectivity index (χ1v) is 9.15. The van der Waals surface area contributed by atoms with Crippen LogP contribution in [0.5, 0.6) is 0 Å². The van der Waals surface area contributed by atoms with Crippen LogP contribution in [-0.2, 0) is 6.54 Å². The summed E-state index contributed by atoms with van der Waals surface area (Å²) in [6.07, 6.45) is 1.10. The first kappa shape index (κ1) is 16.3. The van der Waals surface area contributed by atoms with Gasteiger partial charge in [0.05, 0.1) is 11.0 Å². The van der Waals surface area contributed by atoms with Crippen LogP contribution >= 0.6 is 0 Å². The van der Waals surface area contributed by atoms with Crippen molar-refractivity contribution in [3.8, 4) is 0 Å². The molecule has 2 heterocycles. The lowest BCUT2D eigenvalue weighted by Crippen LogP contribution is -2.44. The third-order valence-electron chi connectivity index (χ3n) is 5.33. The minimum Gasteiger partial charge on any atom is -0.340 e.